The fourth-order valence-electron chi connectivity index (χ4n) is 4.11. The summed E-state index contributed by atoms with van der Waals surface area (Å²) >= 11 is 0. The summed E-state index contributed by atoms with van der Waals surface area (Å²) in [7, 11) is 5.00. The number of methoxy groups -OCH3 is 3. The number of benzene rings is 3. The first-order valence-corrected chi connectivity index (χ1v) is 10.3. The lowest BCUT2D eigenvalue weighted by molar-refractivity contribution is 0.306. The highest BCUT2D eigenvalue weighted by molar-refractivity contribution is 6.17. The summed E-state index contributed by atoms with van der Waals surface area (Å²) in [5.74, 6) is 3.02. The molecule has 1 heterocycles. The van der Waals surface area contributed by atoms with E-state index in [1.165, 1.54) is 0 Å². The van der Waals surface area contributed by atoms with Crippen molar-refractivity contribution in [3.8, 4) is 23.0 Å². The first kappa shape index (κ1) is 20.8. The normalized spacial score (nSPS) is 12.6. The van der Waals surface area contributed by atoms with Crippen molar-refractivity contribution in [2.45, 2.75) is 20.0 Å². The van der Waals surface area contributed by atoms with Crippen LogP contribution in [0.2, 0.25) is 0 Å². The lowest BCUT2D eigenvalue weighted by atomic mass is 9.89. The molecule has 5 nitrogen and oxygen atoms in total. The number of rotatable bonds is 7. The smallest absolute Gasteiger partial charge is 0.170 e. The van der Waals surface area contributed by atoms with Gasteiger partial charge in [0.1, 0.15) is 18.1 Å². The summed E-state index contributed by atoms with van der Waals surface area (Å²) in [6.45, 7) is 3.22. The molecule has 0 atom stereocenters. The summed E-state index contributed by atoms with van der Waals surface area (Å²) in [6, 6.07) is 18.2. The highest BCUT2D eigenvalue weighted by Gasteiger charge is 2.29. The van der Waals surface area contributed by atoms with Crippen molar-refractivity contribution in [3.05, 3.63) is 82.4 Å². The van der Waals surface area contributed by atoms with Gasteiger partial charge in [-0.2, -0.15) is 0 Å². The van der Waals surface area contributed by atoms with Crippen LogP contribution in [0.25, 0.3) is 0 Å². The molecule has 3 aromatic carbocycles. The van der Waals surface area contributed by atoms with Crippen molar-refractivity contribution >= 4 is 5.71 Å². The van der Waals surface area contributed by atoms with Gasteiger partial charge in [0.25, 0.3) is 0 Å². The third-order valence-corrected chi connectivity index (χ3v) is 5.55. The molecule has 0 bridgehead atoms. The highest BCUT2D eigenvalue weighted by Crippen LogP contribution is 2.46. The van der Waals surface area contributed by atoms with Gasteiger partial charge in [-0.25, -0.2) is 0 Å². The largest absolute Gasteiger partial charge is 0.496 e. The molecular weight excluding hydrogens is 390 g/mol. The first-order valence-electron chi connectivity index (χ1n) is 10.3. The van der Waals surface area contributed by atoms with Gasteiger partial charge in [-0.3, -0.25) is 4.99 Å². The zero-order valence-electron chi connectivity index (χ0n) is 18.4. The minimum Gasteiger partial charge on any atom is -0.496 e. The van der Waals surface area contributed by atoms with Crippen LogP contribution in [0, 0.1) is 6.92 Å². The Labute approximate surface area is 183 Å². The van der Waals surface area contributed by atoms with Crippen molar-refractivity contribution in [1.29, 1.82) is 0 Å². The Morgan fingerprint density at radius 2 is 1.48 bits per heavy atom. The first-order chi connectivity index (χ1) is 15.2. The monoisotopic (exact) mass is 417 g/mol. The molecule has 0 aliphatic carbocycles. The SMILES string of the molecule is COc1c(C)c(OC)c(OC)c2c1CCN=C2c1ccc(OCc2ccccc2)cc1. The van der Waals surface area contributed by atoms with E-state index in [-0.39, 0.29) is 0 Å². The quantitative estimate of drug-likeness (QED) is 0.543. The van der Waals surface area contributed by atoms with Gasteiger partial charge in [-0.1, -0.05) is 30.3 Å². The van der Waals surface area contributed by atoms with Crippen LogP contribution in [-0.4, -0.2) is 33.6 Å². The predicted molar refractivity (Wildman–Crippen MR) is 122 cm³/mol. The Morgan fingerprint density at radius 3 is 2.13 bits per heavy atom. The molecule has 0 saturated heterocycles. The van der Waals surface area contributed by atoms with Crippen LogP contribution in [0.1, 0.15) is 27.8 Å². The predicted octanol–water partition coefficient (Wildman–Crippen LogP) is 4.99. The van der Waals surface area contributed by atoms with Crippen molar-refractivity contribution in [2.24, 2.45) is 4.99 Å². The van der Waals surface area contributed by atoms with E-state index in [2.05, 4.69) is 12.1 Å². The van der Waals surface area contributed by atoms with E-state index in [9.17, 15) is 0 Å². The number of hydrogen-bond acceptors (Lipinski definition) is 5. The molecule has 1 aliphatic heterocycles. The van der Waals surface area contributed by atoms with Crippen molar-refractivity contribution in [2.75, 3.05) is 27.9 Å². The van der Waals surface area contributed by atoms with Crippen LogP contribution in [0.15, 0.2) is 59.6 Å². The maximum atomic E-state index is 5.93. The van der Waals surface area contributed by atoms with Gasteiger partial charge in [0.2, 0.25) is 0 Å². The Bertz CT molecular complexity index is 1090. The fourth-order valence-corrected chi connectivity index (χ4v) is 4.11. The number of hydrogen-bond donors (Lipinski definition) is 0. The average Bonchev–Trinajstić information content (AvgIpc) is 2.82. The van der Waals surface area contributed by atoms with E-state index in [1.807, 2.05) is 49.4 Å². The third kappa shape index (κ3) is 3.96. The summed E-state index contributed by atoms with van der Waals surface area (Å²) in [6.07, 6.45) is 0.793. The van der Waals surface area contributed by atoms with Crippen LogP contribution >= 0.6 is 0 Å². The van der Waals surface area contributed by atoms with Crippen molar-refractivity contribution in [1.82, 2.24) is 0 Å². The minimum atomic E-state index is 0.533. The van der Waals surface area contributed by atoms with E-state index in [1.54, 1.807) is 21.3 Å². The second kappa shape index (κ2) is 9.13. The Hall–Kier alpha value is -3.47. The molecule has 0 N–H and O–H groups in total. The zero-order chi connectivity index (χ0) is 21.8. The Morgan fingerprint density at radius 1 is 0.806 bits per heavy atom. The van der Waals surface area contributed by atoms with Crippen LogP contribution in [-0.2, 0) is 13.0 Å². The summed E-state index contributed by atoms with van der Waals surface area (Å²) in [4.78, 5) is 4.84. The molecule has 0 unspecified atom stereocenters. The maximum Gasteiger partial charge on any atom is 0.170 e. The van der Waals surface area contributed by atoms with Gasteiger partial charge in [-0.15, -0.1) is 0 Å². The van der Waals surface area contributed by atoms with Gasteiger partial charge in [0, 0.05) is 23.2 Å². The molecule has 4 rings (SSSR count). The number of aliphatic imine (C=N–C) groups is 1. The number of ether oxygens (including phenoxy) is 4. The second-order valence-electron chi connectivity index (χ2n) is 7.36. The molecule has 0 spiro atoms. The lowest BCUT2D eigenvalue weighted by Gasteiger charge is -2.26. The zero-order valence-corrected chi connectivity index (χ0v) is 18.4. The molecule has 31 heavy (non-hydrogen) atoms. The van der Waals surface area contributed by atoms with Gasteiger partial charge in [0.05, 0.1) is 32.6 Å². The van der Waals surface area contributed by atoms with E-state index in [0.717, 1.165) is 51.4 Å². The second-order valence-corrected chi connectivity index (χ2v) is 7.36. The minimum absolute atomic E-state index is 0.533. The Balaban J connectivity index is 1.68. The van der Waals surface area contributed by atoms with Gasteiger partial charge in [-0.05, 0) is 43.2 Å². The van der Waals surface area contributed by atoms with E-state index < -0.39 is 0 Å². The van der Waals surface area contributed by atoms with Gasteiger partial charge < -0.3 is 18.9 Å². The van der Waals surface area contributed by atoms with Crippen molar-refractivity contribution < 1.29 is 18.9 Å². The summed E-state index contributed by atoms with van der Waals surface area (Å²) < 4.78 is 23.1. The standard InChI is InChI=1S/C26H27NO4/c1-17-24(28-2)21-14-15-27-23(22(21)26(30-4)25(17)29-3)19-10-12-20(13-11-19)31-16-18-8-6-5-7-9-18/h5-13H,14-16H2,1-4H3. The van der Waals surface area contributed by atoms with E-state index in [4.69, 9.17) is 23.9 Å². The summed E-state index contributed by atoms with van der Waals surface area (Å²) in [5, 5.41) is 0. The van der Waals surface area contributed by atoms with E-state index >= 15 is 0 Å². The van der Waals surface area contributed by atoms with Crippen LogP contribution < -0.4 is 18.9 Å². The van der Waals surface area contributed by atoms with Crippen LogP contribution in [0.3, 0.4) is 0 Å². The van der Waals surface area contributed by atoms with Gasteiger partial charge >= 0.3 is 0 Å². The molecular formula is C26H27NO4. The lowest BCUT2D eigenvalue weighted by Crippen LogP contribution is -2.18. The average molecular weight is 418 g/mol. The molecule has 0 amide bonds. The molecule has 0 radical (unpaired) electrons. The molecule has 1 aliphatic rings. The fraction of sp³-hybridized carbons (Fsp3) is 0.269. The molecule has 0 aromatic heterocycles. The van der Waals surface area contributed by atoms with Gasteiger partial charge in [0.15, 0.2) is 11.5 Å². The Kier molecular flexibility index (Phi) is 6.12. The molecule has 3 aromatic rings. The molecule has 160 valence electrons. The summed E-state index contributed by atoms with van der Waals surface area (Å²) in [5.41, 5.74) is 5.99. The third-order valence-electron chi connectivity index (χ3n) is 5.55. The highest BCUT2D eigenvalue weighted by atomic mass is 16.5. The topological polar surface area (TPSA) is 49.3 Å². The van der Waals surface area contributed by atoms with E-state index in [0.29, 0.717) is 24.7 Å². The maximum absolute atomic E-state index is 5.93. The molecule has 0 saturated carbocycles. The van der Waals surface area contributed by atoms with Crippen molar-refractivity contribution in [3.63, 3.8) is 0 Å². The van der Waals surface area contributed by atoms with Crippen LogP contribution in [0.4, 0.5) is 0 Å². The van der Waals surface area contributed by atoms with Crippen LogP contribution in [0.5, 0.6) is 23.0 Å². The molecule has 0 fully saturated rings. The number of nitrogens with zero attached hydrogens (tertiary/aromatic N) is 1. The molecule has 5 heteroatoms. The number of fused-ring (bicyclic) bond motifs is 1.